The lowest BCUT2D eigenvalue weighted by Gasteiger charge is -2.11. The Balaban J connectivity index is 1.63. The summed E-state index contributed by atoms with van der Waals surface area (Å²) in [6, 6.07) is 5.87. The highest BCUT2D eigenvalue weighted by Gasteiger charge is 2.21. The number of Topliss-reactive ketones (excluding diaryl/α,β-unsaturated/α-hetero) is 1. The van der Waals surface area contributed by atoms with Crippen LogP contribution in [0.3, 0.4) is 0 Å². The predicted octanol–water partition coefficient (Wildman–Crippen LogP) is 4.47. The number of aryl methyl sites for hydroxylation is 4. The maximum Gasteiger partial charge on any atom is 0.262 e. The van der Waals surface area contributed by atoms with E-state index in [9.17, 15) is 9.59 Å². The van der Waals surface area contributed by atoms with Crippen molar-refractivity contribution < 1.29 is 4.79 Å². The van der Waals surface area contributed by atoms with Gasteiger partial charge in [-0.1, -0.05) is 35.5 Å². The number of carbonyl (C=O) groups excluding carboxylic acids is 1. The molecule has 3 aromatic rings. The minimum absolute atomic E-state index is 0.0147. The van der Waals surface area contributed by atoms with E-state index in [2.05, 4.69) is 0 Å². The van der Waals surface area contributed by atoms with Gasteiger partial charge in [-0.15, -0.1) is 11.3 Å². The van der Waals surface area contributed by atoms with Gasteiger partial charge in [0.2, 0.25) is 0 Å². The topological polar surface area (TPSA) is 52.0 Å². The first-order valence-electron chi connectivity index (χ1n) is 9.20. The van der Waals surface area contributed by atoms with Crippen LogP contribution in [0.4, 0.5) is 0 Å². The van der Waals surface area contributed by atoms with E-state index in [1.807, 2.05) is 32.0 Å². The van der Waals surface area contributed by atoms with Crippen molar-refractivity contribution in [2.24, 2.45) is 7.05 Å². The number of hydrogen-bond acceptors (Lipinski definition) is 5. The smallest absolute Gasteiger partial charge is 0.262 e. The molecule has 0 radical (unpaired) electrons. The molecule has 6 heteroatoms. The van der Waals surface area contributed by atoms with E-state index >= 15 is 0 Å². The molecular weight excluding hydrogens is 376 g/mol. The van der Waals surface area contributed by atoms with Crippen molar-refractivity contribution in [3.63, 3.8) is 0 Å². The van der Waals surface area contributed by atoms with E-state index in [1.54, 1.807) is 23.0 Å². The normalized spacial score (nSPS) is 13.7. The molecule has 0 N–H and O–H groups in total. The Morgan fingerprint density at radius 3 is 2.81 bits per heavy atom. The van der Waals surface area contributed by atoms with Crippen molar-refractivity contribution in [3.8, 4) is 0 Å². The van der Waals surface area contributed by atoms with Gasteiger partial charge in [0.25, 0.3) is 5.56 Å². The molecule has 0 amide bonds. The molecule has 27 heavy (non-hydrogen) atoms. The SMILES string of the molecule is Cc1ccc(C(=O)CSc2nc3sc4c(c3c(=O)n2C)CCCC4)c(C)c1. The van der Waals surface area contributed by atoms with Gasteiger partial charge in [-0.25, -0.2) is 4.98 Å². The van der Waals surface area contributed by atoms with Crippen LogP contribution in [0.5, 0.6) is 0 Å². The number of benzene rings is 1. The molecule has 0 unspecified atom stereocenters. The molecule has 2 aromatic heterocycles. The number of rotatable bonds is 4. The minimum Gasteiger partial charge on any atom is -0.293 e. The molecule has 0 spiro atoms. The molecule has 4 rings (SSSR count). The molecule has 0 atom stereocenters. The summed E-state index contributed by atoms with van der Waals surface area (Å²) in [7, 11) is 1.76. The highest BCUT2D eigenvalue weighted by atomic mass is 32.2. The van der Waals surface area contributed by atoms with Crippen LogP contribution in [0.15, 0.2) is 28.2 Å². The highest BCUT2D eigenvalue weighted by molar-refractivity contribution is 7.99. The fourth-order valence-corrected chi connectivity index (χ4v) is 5.89. The number of carbonyl (C=O) groups is 1. The first-order valence-corrected chi connectivity index (χ1v) is 11.0. The van der Waals surface area contributed by atoms with E-state index in [4.69, 9.17) is 4.98 Å². The molecule has 140 valence electrons. The van der Waals surface area contributed by atoms with E-state index in [1.165, 1.54) is 28.6 Å². The Bertz CT molecular complexity index is 1110. The quantitative estimate of drug-likeness (QED) is 0.370. The molecular formula is C21H22N2O2S2. The van der Waals surface area contributed by atoms with Gasteiger partial charge in [0.15, 0.2) is 10.9 Å². The van der Waals surface area contributed by atoms with Crippen molar-refractivity contribution in [2.75, 3.05) is 5.75 Å². The molecule has 1 aliphatic rings. The number of thioether (sulfide) groups is 1. The van der Waals surface area contributed by atoms with Gasteiger partial charge in [0.05, 0.1) is 11.1 Å². The summed E-state index contributed by atoms with van der Waals surface area (Å²) >= 11 is 3.00. The second-order valence-electron chi connectivity index (χ2n) is 7.18. The average Bonchev–Trinajstić information content (AvgIpc) is 3.01. The summed E-state index contributed by atoms with van der Waals surface area (Å²) in [5.74, 6) is 0.346. The number of aromatic nitrogens is 2. The first kappa shape index (κ1) is 18.4. The van der Waals surface area contributed by atoms with Crippen LogP contribution >= 0.6 is 23.1 Å². The van der Waals surface area contributed by atoms with Gasteiger partial charge in [-0.05, 0) is 50.7 Å². The maximum atomic E-state index is 12.9. The summed E-state index contributed by atoms with van der Waals surface area (Å²) in [5, 5.41) is 1.41. The Hall–Kier alpha value is -1.92. The van der Waals surface area contributed by atoms with Gasteiger partial charge in [-0.3, -0.25) is 14.2 Å². The van der Waals surface area contributed by atoms with Crippen molar-refractivity contribution in [1.29, 1.82) is 0 Å². The zero-order valence-corrected chi connectivity index (χ0v) is 17.4. The molecule has 0 saturated heterocycles. The number of fused-ring (bicyclic) bond motifs is 3. The van der Waals surface area contributed by atoms with Crippen LogP contribution in [-0.4, -0.2) is 21.1 Å². The van der Waals surface area contributed by atoms with Crippen LogP contribution in [-0.2, 0) is 19.9 Å². The highest BCUT2D eigenvalue weighted by Crippen LogP contribution is 2.34. The number of ketones is 1. The average molecular weight is 399 g/mol. The maximum absolute atomic E-state index is 12.9. The van der Waals surface area contributed by atoms with Gasteiger partial charge >= 0.3 is 0 Å². The summed E-state index contributed by atoms with van der Waals surface area (Å²) < 4.78 is 1.60. The van der Waals surface area contributed by atoms with E-state index in [-0.39, 0.29) is 17.1 Å². The summed E-state index contributed by atoms with van der Waals surface area (Å²) in [6.45, 7) is 3.98. The van der Waals surface area contributed by atoms with Crippen molar-refractivity contribution >= 4 is 39.1 Å². The fraction of sp³-hybridized carbons (Fsp3) is 0.381. The number of hydrogen-bond donors (Lipinski definition) is 0. The number of thiophene rings is 1. The predicted molar refractivity (Wildman–Crippen MR) is 112 cm³/mol. The van der Waals surface area contributed by atoms with E-state index < -0.39 is 0 Å². The minimum atomic E-state index is 0.0147. The standard InChI is InChI=1S/C21H22N2O2S2/c1-12-8-9-14(13(2)10-12)16(24)11-26-21-22-19-18(20(25)23(21)3)15-6-4-5-7-17(15)27-19/h8-10H,4-7,11H2,1-3H3. The van der Waals surface area contributed by atoms with Crippen LogP contribution in [0.25, 0.3) is 10.2 Å². The second-order valence-corrected chi connectivity index (χ2v) is 9.21. The molecule has 4 nitrogen and oxygen atoms in total. The third-order valence-corrected chi connectivity index (χ3v) is 7.39. The fourth-order valence-electron chi connectivity index (χ4n) is 3.73. The van der Waals surface area contributed by atoms with Crippen molar-refractivity contribution in [1.82, 2.24) is 9.55 Å². The molecule has 0 saturated carbocycles. The van der Waals surface area contributed by atoms with Crippen LogP contribution in [0, 0.1) is 13.8 Å². The zero-order valence-electron chi connectivity index (χ0n) is 15.8. The monoisotopic (exact) mass is 398 g/mol. The Morgan fingerprint density at radius 2 is 2.04 bits per heavy atom. The molecule has 2 heterocycles. The number of nitrogens with zero attached hydrogens (tertiary/aromatic N) is 2. The first-order chi connectivity index (χ1) is 13.0. The largest absolute Gasteiger partial charge is 0.293 e. The van der Waals surface area contributed by atoms with E-state index in [0.717, 1.165) is 46.2 Å². The van der Waals surface area contributed by atoms with Gasteiger partial charge < -0.3 is 0 Å². The molecule has 0 bridgehead atoms. The van der Waals surface area contributed by atoms with Crippen LogP contribution in [0.1, 0.15) is 44.8 Å². The lowest BCUT2D eigenvalue weighted by Crippen LogP contribution is -2.21. The van der Waals surface area contributed by atoms with Gasteiger partial charge in [0, 0.05) is 17.5 Å². The van der Waals surface area contributed by atoms with Crippen LogP contribution < -0.4 is 5.56 Å². The molecule has 1 aliphatic carbocycles. The van der Waals surface area contributed by atoms with Crippen LogP contribution in [0.2, 0.25) is 0 Å². The second kappa shape index (κ2) is 7.24. The molecule has 1 aromatic carbocycles. The van der Waals surface area contributed by atoms with Crippen molar-refractivity contribution in [3.05, 3.63) is 55.7 Å². The summed E-state index contributed by atoms with van der Waals surface area (Å²) in [4.78, 5) is 32.4. The van der Waals surface area contributed by atoms with Gasteiger partial charge in [0.1, 0.15) is 4.83 Å². The Morgan fingerprint density at radius 1 is 1.26 bits per heavy atom. The van der Waals surface area contributed by atoms with Gasteiger partial charge in [-0.2, -0.15) is 0 Å². The summed E-state index contributed by atoms with van der Waals surface area (Å²) in [5.41, 5.74) is 4.10. The summed E-state index contributed by atoms with van der Waals surface area (Å²) in [6.07, 6.45) is 4.35. The Labute approximate surface area is 166 Å². The zero-order chi connectivity index (χ0) is 19.1. The van der Waals surface area contributed by atoms with Crippen molar-refractivity contribution in [2.45, 2.75) is 44.7 Å². The van der Waals surface area contributed by atoms with E-state index in [0.29, 0.717) is 5.16 Å². The molecule has 0 aliphatic heterocycles. The third kappa shape index (κ3) is 3.36. The molecule has 0 fully saturated rings. The lowest BCUT2D eigenvalue weighted by molar-refractivity contribution is 0.102. The Kier molecular flexibility index (Phi) is 4.95. The third-order valence-electron chi connectivity index (χ3n) is 5.17. The lowest BCUT2D eigenvalue weighted by atomic mass is 9.97.